The second-order valence-corrected chi connectivity index (χ2v) is 5.42. The van der Waals surface area contributed by atoms with E-state index in [0.29, 0.717) is 0 Å². The zero-order valence-electron chi connectivity index (χ0n) is 11.0. The average molecular weight is 226 g/mol. The summed E-state index contributed by atoms with van der Waals surface area (Å²) in [7, 11) is 0. The first kappa shape index (κ1) is 12.4. The highest BCUT2D eigenvalue weighted by Crippen LogP contribution is 2.48. The van der Waals surface area contributed by atoms with Crippen LogP contribution < -0.4 is 0 Å². The zero-order valence-corrected chi connectivity index (χ0v) is 11.0. The van der Waals surface area contributed by atoms with Gasteiger partial charge in [-0.1, -0.05) is 40.0 Å². The van der Waals surface area contributed by atoms with E-state index >= 15 is 0 Å². The largest absolute Gasteiger partial charge is 0.348 e. The fraction of sp³-hybridized carbons (Fsp3) is 1.00. The molecule has 1 spiro atoms. The lowest BCUT2D eigenvalue weighted by Gasteiger charge is -2.45. The van der Waals surface area contributed by atoms with E-state index in [0.717, 1.165) is 43.8 Å². The number of hydrogen-bond acceptors (Lipinski definition) is 2. The van der Waals surface area contributed by atoms with E-state index in [4.69, 9.17) is 9.47 Å². The maximum absolute atomic E-state index is 5.92. The van der Waals surface area contributed by atoms with Crippen LogP contribution in [0.2, 0.25) is 0 Å². The Kier molecular flexibility index (Phi) is 3.91. The van der Waals surface area contributed by atoms with Gasteiger partial charge in [0.1, 0.15) is 0 Å². The van der Waals surface area contributed by atoms with Crippen LogP contribution in [0, 0.1) is 17.8 Å². The van der Waals surface area contributed by atoms with E-state index in [1.54, 1.807) is 0 Å². The normalized spacial score (nSPS) is 38.1. The fourth-order valence-corrected chi connectivity index (χ4v) is 3.86. The second-order valence-electron chi connectivity index (χ2n) is 5.42. The van der Waals surface area contributed by atoms with Crippen LogP contribution in [0.4, 0.5) is 0 Å². The molecule has 2 nitrogen and oxygen atoms in total. The minimum atomic E-state index is -0.201. The van der Waals surface area contributed by atoms with Crippen molar-refractivity contribution in [2.45, 2.75) is 58.7 Å². The molecule has 0 aromatic heterocycles. The quantitative estimate of drug-likeness (QED) is 0.732. The van der Waals surface area contributed by atoms with Crippen LogP contribution in [-0.4, -0.2) is 19.0 Å². The summed E-state index contributed by atoms with van der Waals surface area (Å²) in [4.78, 5) is 0. The standard InChI is InChI=1S/C14H26O2/c1-4-11-9-14(15-7-8-16-14)10-12(5-2)13(11)6-3/h11-13H,4-10H2,1-3H3. The Morgan fingerprint density at radius 3 is 1.75 bits per heavy atom. The lowest BCUT2D eigenvalue weighted by atomic mass is 9.66. The van der Waals surface area contributed by atoms with Crippen molar-refractivity contribution < 1.29 is 9.47 Å². The Bertz CT molecular complexity index is 205. The van der Waals surface area contributed by atoms with Gasteiger partial charge in [-0.2, -0.15) is 0 Å². The fourth-order valence-electron chi connectivity index (χ4n) is 3.86. The Morgan fingerprint density at radius 2 is 1.38 bits per heavy atom. The zero-order chi connectivity index (χ0) is 11.6. The highest BCUT2D eigenvalue weighted by Gasteiger charge is 2.47. The van der Waals surface area contributed by atoms with Crippen LogP contribution in [0.3, 0.4) is 0 Å². The van der Waals surface area contributed by atoms with Gasteiger partial charge in [0, 0.05) is 12.8 Å². The molecule has 16 heavy (non-hydrogen) atoms. The second kappa shape index (κ2) is 5.05. The van der Waals surface area contributed by atoms with Crippen molar-refractivity contribution in [2.75, 3.05) is 13.2 Å². The molecule has 0 bridgehead atoms. The molecular formula is C14H26O2. The molecule has 2 rings (SSSR count). The average Bonchev–Trinajstić information content (AvgIpc) is 2.76. The van der Waals surface area contributed by atoms with Gasteiger partial charge in [-0.15, -0.1) is 0 Å². The third-order valence-corrected chi connectivity index (χ3v) is 4.69. The lowest BCUT2D eigenvalue weighted by molar-refractivity contribution is -0.209. The van der Waals surface area contributed by atoms with Crippen LogP contribution in [0.25, 0.3) is 0 Å². The molecule has 0 N–H and O–H groups in total. The Balaban J connectivity index is 2.12. The Hall–Kier alpha value is -0.0800. The number of hydrogen-bond donors (Lipinski definition) is 0. The molecule has 2 atom stereocenters. The van der Waals surface area contributed by atoms with Gasteiger partial charge in [0.25, 0.3) is 0 Å². The molecule has 1 aliphatic carbocycles. The van der Waals surface area contributed by atoms with E-state index in [-0.39, 0.29) is 5.79 Å². The summed E-state index contributed by atoms with van der Waals surface area (Å²) >= 11 is 0. The molecular weight excluding hydrogens is 200 g/mol. The molecule has 2 fully saturated rings. The molecule has 2 unspecified atom stereocenters. The van der Waals surface area contributed by atoms with Crippen molar-refractivity contribution in [1.29, 1.82) is 0 Å². The SMILES string of the molecule is CCC1CC2(CC(CC)C1CC)OCCO2. The minimum absolute atomic E-state index is 0.201. The van der Waals surface area contributed by atoms with E-state index in [9.17, 15) is 0 Å². The highest BCUT2D eigenvalue weighted by molar-refractivity contribution is 4.91. The van der Waals surface area contributed by atoms with Gasteiger partial charge >= 0.3 is 0 Å². The van der Waals surface area contributed by atoms with Crippen LogP contribution >= 0.6 is 0 Å². The van der Waals surface area contributed by atoms with Gasteiger partial charge in [0.05, 0.1) is 13.2 Å². The summed E-state index contributed by atoms with van der Waals surface area (Å²) < 4.78 is 11.8. The molecule has 1 saturated carbocycles. The predicted molar refractivity (Wildman–Crippen MR) is 65.2 cm³/mol. The van der Waals surface area contributed by atoms with Crippen LogP contribution in [0.15, 0.2) is 0 Å². The number of rotatable bonds is 3. The van der Waals surface area contributed by atoms with Gasteiger partial charge < -0.3 is 9.47 Å². The van der Waals surface area contributed by atoms with Crippen molar-refractivity contribution in [3.63, 3.8) is 0 Å². The van der Waals surface area contributed by atoms with E-state index in [1.165, 1.54) is 19.3 Å². The molecule has 0 aromatic rings. The smallest absolute Gasteiger partial charge is 0.169 e. The van der Waals surface area contributed by atoms with E-state index in [2.05, 4.69) is 20.8 Å². The maximum atomic E-state index is 5.92. The molecule has 2 heteroatoms. The first-order valence-electron chi connectivity index (χ1n) is 7.02. The highest BCUT2D eigenvalue weighted by atomic mass is 16.7. The van der Waals surface area contributed by atoms with Gasteiger partial charge in [0.15, 0.2) is 5.79 Å². The summed E-state index contributed by atoms with van der Waals surface area (Å²) in [5.41, 5.74) is 0. The first-order valence-corrected chi connectivity index (χ1v) is 7.02. The summed E-state index contributed by atoms with van der Waals surface area (Å²) in [6.07, 6.45) is 6.09. The summed E-state index contributed by atoms with van der Waals surface area (Å²) in [6.45, 7) is 8.56. The van der Waals surface area contributed by atoms with Crippen LogP contribution in [-0.2, 0) is 9.47 Å². The summed E-state index contributed by atoms with van der Waals surface area (Å²) in [6, 6.07) is 0. The molecule has 0 radical (unpaired) electrons. The third-order valence-electron chi connectivity index (χ3n) is 4.69. The van der Waals surface area contributed by atoms with Crippen LogP contribution in [0.1, 0.15) is 52.9 Å². The molecule has 1 saturated heterocycles. The molecule has 0 aromatic carbocycles. The van der Waals surface area contributed by atoms with Gasteiger partial charge in [-0.3, -0.25) is 0 Å². The monoisotopic (exact) mass is 226 g/mol. The molecule has 0 amide bonds. The molecule has 94 valence electrons. The molecule has 2 aliphatic rings. The Labute approximate surface area is 99.7 Å². The topological polar surface area (TPSA) is 18.5 Å². The number of ether oxygens (including phenoxy) is 2. The van der Waals surface area contributed by atoms with Crippen molar-refractivity contribution in [3.05, 3.63) is 0 Å². The van der Waals surface area contributed by atoms with Crippen molar-refractivity contribution in [2.24, 2.45) is 17.8 Å². The van der Waals surface area contributed by atoms with Gasteiger partial charge in [-0.25, -0.2) is 0 Å². The van der Waals surface area contributed by atoms with Crippen molar-refractivity contribution in [3.8, 4) is 0 Å². The molecule has 1 aliphatic heterocycles. The van der Waals surface area contributed by atoms with Crippen molar-refractivity contribution in [1.82, 2.24) is 0 Å². The van der Waals surface area contributed by atoms with Gasteiger partial charge in [-0.05, 0) is 17.8 Å². The summed E-state index contributed by atoms with van der Waals surface area (Å²) in [5, 5.41) is 0. The van der Waals surface area contributed by atoms with Crippen molar-refractivity contribution >= 4 is 0 Å². The van der Waals surface area contributed by atoms with E-state index < -0.39 is 0 Å². The maximum Gasteiger partial charge on any atom is 0.169 e. The van der Waals surface area contributed by atoms with Gasteiger partial charge in [0.2, 0.25) is 0 Å². The molecule has 1 heterocycles. The summed E-state index contributed by atoms with van der Waals surface area (Å²) in [5.74, 6) is 2.27. The van der Waals surface area contributed by atoms with Crippen LogP contribution in [0.5, 0.6) is 0 Å². The first-order chi connectivity index (χ1) is 7.74. The Morgan fingerprint density at radius 1 is 0.875 bits per heavy atom. The minimum Gasteiger partial charge on any atom is -0.348 e. The van der Waals surface area contributed by atoms with E-state index in [1.807, 2.05) is 0 Å². The predicted octanol–water partition coefficient (Wildman–Crippen LogP) is 3.60. The third kappa shape index (κ3) is 2.14. The lowest BCUT2D eigenvalue weighted by Crippen LogP contribution is -2.44.